The average molecular weight is 223 g/mol. The first-order valence-electron chi connectivity index (χ1n) is 4.05. The number of carboxylic acid groups (broad SMARTS) is 1. The van der Waals surface area contributed by atoms with Crippen molar-refractivity contribution in [2.75, 3.05) is 0 Å². The average Bonchev–Trinajstić information content (AvgIpc) is 1.97. The summed E-state index contributed by atoms with van der Waals surface area (Å²) >= 11 is 3.09. The van der Waals surface area contributed by atoms with Crippen LogP contribution in [0.15, 0.2) is 0 Å². The molecule has 0 heterocycles. The van der Waals surface area contributed by atoms with Crippen LogP contribution in [-0.2, 0) is 4.79 Å². The van der Waals surface area contributed by atoms with Crippen LogP contribution in [0.1, 0.15) is 39.0 Å². The number of carboxylic acids is 1. The van der Waals surface area contributed by atoms with Gasteiger partial charge in [0.2, 0.25) is 0 Å². The Labute approximate surface area is 76.1 Å². The monoisotopic (exact) mass is 222 g/mol. The zero-order valence-electron chi connectivity index (χ0n) is 6.85. The van der Waals surface area contributed by atoms with Gasteiger partial charge in [0.25, 0.3) is 0 Å². The number of rotatable bonds is 6. The Hall–Kier alpha value is -0.0500. The summed E-state index contributed by atoms with van der Waals surface area (Å²) in [6.45, 7) is 2.14. The van der Waals surface area contributed by atoms with Crippen molar-refractivity contribution < 1.29 is 9.90 Å². The van der Waals surface area contributed by atoms with E-state index in [9.17, 15) is 4.79 Å². The van der Waals surface area contributed by atoms with Crippen LogP contribution in [0.5, 0.6) is 0 Å². The zero-order chi connectivity index (χ0) is 8.69. The van der Waals surface area contributed by atoms with Crippen molar-refractivity contribution in [3.05, 3.63) is 0 Å². The zero-order valence-corrected chi connectivity index (χ0v) is 8.43. The van der Waals surface area contributed by atoms with Gasteiger partial charge >= 0.3 is 5.97 Å². The van der Waals surface area contributed by atoms with E-state index in [4.69, 9.17) is 5.11 Å². The molecular weight excluding hydrogens is 208 g/mol. The standard InChI is InChI=1S/C8H15BrO2/c1-2-3-4-5-6-7(9)8(10)11/h7H,2-6H2,1H3,(H,10,11)/t7-/m1/s1. The number of hydrogen-bond acceptors (Lipinski definition) is 1. The minimum atomic E-state index is -0.749. The molecule has 0 aliphatic rings. The number of alkyl halides is 1. The van der Waals surface area contributed by atoms with Crippen LogP contribution in [0, 0.1) is 0 Å². The Morgan fingerprint density at radius 2 is 2.09 bits per heavy atom. The third-order valence-electron chi connectivity index (χ3n) is 1.58. The molecule has 3 heteroatoms. The van der Waals surface area contributed by atoms with E-state index in [2.05, 4.69) is 22.9 Å². The summed E-state index contributed by atoms with van der Waals surface area (Å²) in [6.07, 6.45) is 5.30. The summed E-state index contributed by atoms with van der Waals surface area (Å²) in [5.74, 6) is -0.749. The number of halogens is 1. The summed E-state index contributed by atoms with van der Waals surface area (Å²) in [4.78, 5) is 9.97. The molecule has 0 aromatic heterocycles. The molecule has 1 atom stereocenters. The van der Waals surface area contributed by atoms with Gasteiger partial charge < -0.3 is 5.11 Å². The van der Waals surface area contributed by atoms with Gasteiger partial charge in [-0.3, -0.25) is 4.79 Å². The first-order valence-corrected chi connectivity index (χ1v) is 4.97. The van der Waals surface area contributed by atoms with Crippen molar-refractivity contribution in [1.29, 1.82) is 0 Å². The van der Waals surface area contributed by atoms with Crippen molar-refractivity contribution in [2.24, 2.45) is 0 Å². The Morgan fingerprint density at radius 3 is 2.55 bits per heavy atom. The molecule has 0 saturated carbocycles. The van der Waals surface area contributed by atoms with Gasteiger partial charge in [0.15, 0.2) is 0 Å². The van der Waals surface area contributed by atoms with Crippen LogP contribution in [0.4, 0.5) is 0 Å². The largest absolute Gasteiger partial charge is 0.480 e. The SMILES string of the molecule is CCCCCC[C@@H](Br)C(=O)O. The first kappa shape index (κ1) is 11.0. The van der Waals surface area contributed by atoms with Gasteiger partial charge in [0, 0.05) is 0 Å². The van der Waals surface area contributed by atoms with Crippen molar-refractivity contribution in [1.82, 2.24) is 0 Å². The molecule has 0 bridgehead atoms. The van der Waals surface area contributed by atoms with E-state index in [1.807, 2.05) is 0 Å². The maximum atomic E-state index is 10.3. The summed E-state index contributed by atoms with van der Waals surface area (Å²) in [5.41, 5.74) is 0. The van der Waals surface area contributed by atoms with E-state index < -0.39 is 5.97 Å². The molecule has 0 fully saturated rings. The minimum Gasteiger partial charge on any atom is -0.480 e. The Kier molecular flexibility index (Phi) is 6.62. The fourth-order valence-electron chi connectivity index (χ4n) is 0.874. The second kappa shape index (κ2) is 6.65. The Balaban J connectivity index is 3.17. The van der Waals surface area contributed by atoms with Crippen LogP contribution in [0.2, 0.25) is 0 Å². The summed E-state index contributed by atoms with van der Waals surface area (Å²) in [5, 5.41) is 8.49. The maximum Gasteiger partial charge on any atom is 0.317 e. The van der Waals surface area contributed by atoms with E-state index in [0.717, 1.165) is 19.3 Å². The summed E-state index contributed by atoms with van der Waals surface area (Å²) in [6, 6.07) is 0. The number of unbranched alkanes of at least 4 members (excludes halogenated alkanes) is 3. The molecule has 11 heavy (non-hydrogen) atoms. The fourth-order valence-corrected chi connectivity index (χ4v) is 1.20. The van der Waals surface area contributed by atoms with Crippen molar-refractivity contribution >= 4 is 21.9 Å². The molecule has 0 unspecified atom stereocenters. The second-order valence-corrected chi connectivity index (χ2v) is 3.76. The van der Waals surface area contributed by atoms with Gasteiger partial charge in [-0.2, -0.15) is 0 Å². The van der Waals surface area contributed by atoms with Crippen molar-refractivity contribution in [3.8, 4) is 0 Å². The van der Waals surface area contributed by atoms with Gasteiger partial charge in [-0.15, -0.1) is 0 Å². The molecule has 66 valence electrons. The molecule has 0 aromatic rings. The first-order chi connectivity index (χ1) is 5.18. The lowest BCUT2D eigenvalue weighted by Gasteiger charge is -2.02. The fraction of sp³-hybridized carbons (Fsp3) is 0.875. The highest BCUT2D eigenvalue weighted by atomic mass is 79.9. The number of carbonyl (C=O) groups is 1. The van der Waals surface area contributed by atoms with Gasteiger partial charge in [-0.05, 0) is 6.42 Å². The van der Waals surface area contributed by atoms with Gasteiger partial charge in [0.1, 0.15) is 4.83 Å². The molecule has 2 nitrogen and oxygen atoms in total. The molecular formula is C8H15BrO2. The summed E-state index contributed by atoms with van der Waals surface area (Å²) in [7, 11) is 0. The predicted molar refractivity (Wildman–Crippen MR) is 49.1 cm³/mol. The quantitative estimate of drug-likeness (QED) is 0.555. The molecule has 1 N–H and O–H groups in total. The molecule has 0 amide bonds. The highest BCUT2D eigenvalue weighted by Crippen LogP contribution is 2.11. The molecule has 0 spiro atoms. The lowest BCUT2D eigenvalue weighted by molar-refractivity contribution is -0.136. The highest BCUT2D eigenvalue weighted by molar-refractivity contribution is 9.10. The Morgan fingerprint density at radius 1 is 1.45 bits per heavy atom. The molecule has 0 radical (unpaired) electrons. The van der Waals surface area contributed by atoms with E-state index in [1.165, 1.54) is 12.8 Å². The third-order valence-corrected chi connectivity index (χ3v) is 2.43. The van der Waals surface area contributed by atoms with E-state index >= 15 is 0 Å². The van der Waals surface area contributed by atoms with Gasteiger partial charge in [0.05, 0.1) is 0 Å². The van der Waals surface area contributed by atoms with Crippen LogP contribution in [0.3, 0.4) is 0 Å². The second-order valence-electron chi connectivity index (χ2n) is 2.66. The molecule has 0 rings (SSSR count). The van der Waals surface area contributed by atoms with Crippen LogP contribution in [-0.4, -0.2) is 15.9 Å². The van der Waals surface area contributed by atoms with E-state index in [-0.39, 0.29) is 4.83 Å². The molecule has 0 aromatic carbocycles. The van der Waals surface area contributed by atoms with Gasteiger partial charge in [-0.1, -0.05) is 48.5 Å². The number of aliphatic carboxylic acids is 1. The minimum absolute atomic E-state index is 0.348. The van der Waals surface area contributed by atoms with Crippen LogP contribution < -0.4 is 0 Å². The normalized spacial score (nSPS) is 12.9. The van der Waals surface area contributed by atoms with E-state index in [1.54, 1.807) is 0 Å². The van der Waals surface area contributed by atoms with Crippen molar-refractivity contribution in [2.45, 2.75) is 43.9 Å². The van der Waals surface area contributed by atoms with Crippen LogP contribution >= 0.6 is 15.9 Å². The van der Waals surface area contributed by atoms with Crippen LogP contribution in [0.25, 0.3) is 0 Å². The maximum absolute atomic E-state index is 10.3. The lowest BCUT2D eigenvalue weighted by atomic mass is 10.1. The molecule has 0 saturated heterocycles. The summed E-state index contributed by atoms with van der Waals surface area (Å²) < 4.78 is 0. The van der Waals surface area contributed by atoms with E-state index in [0.29, 0.717) is 0 Å². The predicted octanol–water partition coefficient (Wildman–Crippen LogP) is 2.80. The third kappa shape index (κ3) is 6.35. The molecule has 0 aliphatic carbocycles. The molecule has 0 aliphatic heterocycles. The highest BCUT2D eigenvalue weighted by Gasteiger charge is 2.11. The number of hydrogen-bond donors (Lipinski definition) is 1. The Bertz CT molecular complexity index is 115. The smallest absolute Gasteiger partial charge is 0.317 e. The topological polar surface area (TPSA) is 37.3 Å². The van der Waals surface area contributed by atoms with Crippen molar-refractivity contribution in [3.63, 3.8) is 0 Å². The van der Waals surface area contributed by atoms with Gasteiger partial charge in [-0.25, -0.2) is 0 Å². The lowest BCUT2D eigenvalue weighted by Crippen LogP contribution is -2.11.